The Bertz CT molecular complexity index is 808. The fourth-order valence-electron chi connectivity index (χ4n) is 3.49. The van der Waals surface area contributed by atoms with Crippen molar-refractivity contribution in [2.45, 2.75) is 51.2 Å². The van der Waals surface area contributed by atoms with Crippen molar-refractivity contribution in [3.8, 4) is 5.75 Å². The Labute approximate surface area is 162 Å². The number of nitrogens with zero attached hydrogens (tertiary/aromatic N) is 2. The summed E-state index contributed by atoms with van der Waals surface area (Å²) in [6, 6.07) is 3.16. The molecule has 1 aliphatic carbocycles. The topological polar surface area (TPSA) is 81.9 Å². The van der Waals surface area contributed by atoms with Crippen molar-refractivity contribution < 1.29 is 23.6 Å². The molecule has 3 rings (SSSR count). The van der Waals surface area contributed by atoms with Crippen LogP contribution in [0.4, 0.5) is 14.9 Å². The van der Waals surface area contributed by atoms with E-state index in [4.69, 9.17) is 9.47 Å². The number of nitro groups is 1. The summed E-state index contributed by atoms with van der Waals surface area (Å²) in [5, 5.41) is 11.1. The Morgan fingerprint density at radius 2 is 2.21 bits per heavy atom. The highest BCUT2D eigenvalue weighted by Crippen LogP contribution is 2.32. The van der Waals surface area contributed by atoms with Gasteiger partial charge in [0.15, 0.2) is 5.75 Å². The molecule has 1 heterocycles. The van der Waals surface area contributed by atoms with Crippen LogP contribution >= 0.6 is 0 Å². The molecule has 0 N–H and O–H groups in total. The second kappa shape index (κ2) is 8.86. The standard InChI is InChI=1S/C20H23FN2O5/c1-2-15-13-17(27-19-9-8-14(21)12-18(19)23(25)26)10-11-22(15)20(24)28-16-6-4-3-5-7-16/h4,6-9,12,15,17H,2-3,5,10-11,13H2,1H3. The minimum Gasteiger partial charge on any atom is -0.483 e. The van der Waals surface area contributed by atoms with E-state index in [1.165, 1.54) is 6.07 Å². The van der Waals surface area contributed by atoms with E-state index in [0.29, 0.717) is 31.6 Å². The largest absolute Gasteiger partial charge is 0.483 e. The van der Waals surface area contributed by atoms with Crippen LogP contribution < -0.4 is 4.74 Å². The fraction of sp³-hybridized carbons (Fsp3) is 0.450. The molecule has 150 valence electrons. The minimum atomic E-state index is -0.686. The Morgan fingerprint density at radius 1 is 1.39 bits per heavy atom. The molecule has 2 atom stereocenters. The van der Waals surface area contributed by atoms with Crippen molar-refractivity contribution in [2.24, 2.45) is 0 Å². The molecule has 0 saturated carbocycles. The molecule has 0 bridgehead atoms. The van der Waals surface area contributed by atoms with Gasteiger partial charge in [-0.05, 0) is 43.5 Å². The van der Waals surface area contributed by atoms with Crippen LogP contribution in [0.15, 0.2) is 42.2 Å². The highest BCUT2D eigenvalue weighted by molar-refractivity contribution is 5.70. The molecule has 1 fully saturated rings. The van der Waals surface area contributed by atoms with Crippen LogP contribution in [-0.4, -0.2) is 34.6 Å². The average Bonchev–Trinajstić information content (AvgIpc) is 2.69. The molecule has 1 aliphatic heterocycles. The van der Waals surface area contributed by atoms with E-state index in [2.05, 4.69) is 0 Å². The van der Waals surface area contributed by atoms with Crippen LogP contribution in [0.3, 0.4) is 0 Å². The first-order valence-electron chi connectivity index (χ1n) is 9.43. The van der Waals surface area contributed by atoms with Gasteiger partial charge in [0.2, 0.25) is 0 Å². The first kappa shape index (κ1) is 19.9. The number of likely N-dealkylation sites (tertiary alicyclic amines) is 1. The number of rotatable bonds is 5. The van der Waals surface area contributed by atoms with Crippen molar-refractivity contribution >= 4 is 11.8 Å². The first-order valence-corrected chi connectivity index (χ1v) is 9.43. The number of hydrogen-bond acceptors (Lipinski definition) is 5. The van der Waals surface area contributed by atoms with Gasteiger partial charge < -0.3 is 14.4 Å². The number of carbonyl (C=O) groups is 1. The Morgan fingerprint density at radius 3 is 2.89 bits per heavy atom. The van der Waals surface area contributed by atoms with E-state index in [-0.39, 0.29) is 17.9 Å². The number of allylic oxidation sites excluding steroid dienone is 3. The summed E-state index contributed by atoms with van der Waals surface area (Å²) in [6.45, 7) is 2.39. The van der Waals surface area contributed by atoms with E-state index in [9.17, 15) is 19.3 Å². The molecule has 28 heavy (non-hydrogen) atoms. The van der Waals surface area contributed by atoms with Crippen LogP contribution in [0.25, 0.3) is 0 Å². The second-order valence-electron chi connectivity index (χ2n) is 6.84. The average molecular weight is 390 g/mol. The van der Waals surface area contributed by atoms with Crippen LogP contribution in [0.5, 0.6) is 5.75 Å². The van der Waals surface area contributed by atoms with Crippen molar-refractivity contribution in [3.05, 3.63) is 58.1 Å². The van der Waals surface area contributed by atoms with Gasteiger partial charge in [-0.15, -0.1) is 0 Å². The number of nitro benzene ring substituents is 1. The first-order chi connectivity index (χ1) is 13.5. The predicted molar refractivity (Wildman–Crippen MR) is 100 cm³/mol. The summed E-state index contributed by atoms with van der Waals surface area (Å²) < 4.78 is 24.6. The quantitative estimate of drug-likeness (QED) is 0.536. The maximum Gasteiger partial charge on any atom is 0.415 e. The number of ether oxygens (including phenoxy) is 2. The highest BCUT2D eigenvalue weighted by atomic mass is 19.1. The molecule has 1 amide bonds. The lowest BCUT2D eigenvalue weighted by atomic mass is 9.97. The molecular weight excluding hydrogens is 367 g/mol. The lowest BCUT2D eigenvalue weighted by molar-refractivity contribution is -0.386. The smallest absolute Gasteiger partial charge is 0.415 e. The van der Waals surface area contributed by atoms with Crippen molar-refractivity contribution in [1.82, 2.24) is 4.90 Å². The zero-order valence-corrected chi connectivity index (χ0v) is 15.7. The second-order valence-corrected chi connectivity index (χ2v) is 6.84. The number of hydrogen-bond donors (Lipinski definition) is 0. The number of halogens is 1. The van der Waals surface area contributed by atoms with Gasteiger partial charge in [-0.3, -0.25) is 10.1 Å². The van der Waals surface area contributed by atoms with Gasteiger partial charge in [-0.2, -0.15) is 0 Å². The SMILES string of the molecule is CCC1CC(Oc2ccc(F)cc2[N+](=O)[O-])CCN1C(=O)OC1=CCCC=C1. The van der Waals surface area contributed by atoms with Gasteiger partial charge in [0.25, 0.3) is 0 Å². The predicted octanol–water partition coefficient (Wildman–Crippen LogP) is 4.73. The maximum atomic E-state index is 13.3. The zero-order valence-electron chi connectivity index (χ0n) is 15.7. The van der Waals surface area contributed by atoms with E-state index < -0.39 is 22.5 Å². The number of amides is 1. The van der Waals surface area contributed by atoms with Crippen molar-refractivity contribution in [1.29, 1.82) is 0 Å². The third-order valence-electron chi connectivity index (χ3n) is 4.95. The highest BCUT2D eigenvalue weighted by Gasteiger charge is 2.34. The van der Waals surface area contributed by atoms with Gasteiger partial charge in [-0.1, -0.05) is 13.0 Å². The molecule has 0 aromatic heterocycles. The summed E-state index contributed by atoms with van der Waals surface area (Å²) in [5.41, 5.74) is -0.397. The van der Waals surface area contributed by atoms with Crippen molar-refractivity contribution in [2.75, 3.05) is 6.54 Å². The third kappa shape index (κ3) is 4.68. The molecular formula is C20H23FN2O5. The van der Waals surface area contributed by atoms with E-state index >= 15 is 0 Å². The van der Waals surface area contributed by atoms with Gasteiger partial charge in [0, 0.05) is 25.4 Å². The lowest BCUT2D eigenvalue weighted by Crippen LogP contribution is -2.48. The maximum absolute atomic E-state index is 13.3. The molecule has 0 radical (unpaired) electrons. The van der Waals surface area contributed by atoms with Crippen LogP contribution in [-0.2, 0) is 4.74 Å². The van der Waals surface area contributed by atoms with Crippen LogP contribution in [0.2, 0.25) is 0 Å². The van der Waals surface area contributed by atoms with Gasteiger partial charge in [0.1, 0.15) is 17.7 Å². The molecule has 8 heteroatoms. The number of benzene rings is 1. The Balaban J connectivity index is 1.64. The number of piperidine rings is 1. The molecule has 2 aliphatic rings. The normalized spacial score (nSPS) is 21.8. The Kier molecular flexibility index (Phi) is 6.28. The summed E-state index contributed by atoms with van der Waals surface area (Å²) in [7, 11) is 0. The monoisotopic (exact) mass is 390 g/mol. The summed E-state index contributed by atoms with van der Waals surface area (Å²) in [5.74, 6) is -0.0830. The van der Waals surface area contributed by atoms with E-state index in [0.717, 1.165) is 25.0 Å². The molecule has 1 saturated heterocycles. The molecule has 1 aromatic carbocycles. The molecule has 7 nitrogen and oxygen atoms in total. The number of carbonyl (C=O) groups excluding carboxylic acids is 1. The van der Waals surface area contributed by atoms with E-state index in [1.54, 1.807) is 11.0 Å². The third-order valence-corrected chi connectivity index (χ3v) is 4.95. The minimum absolute atomic E-state index is 0.0415. The Hall–Kier alpha value is -2.90. The molecule has 0 spiro atoms. The lowest BCUT2D eigenvalue weighted by Gasteiger charge is -2.38. The van der Waals surface area contributed by atoms with Crippen LogP contribution in [0, 0.1) is 15.9 Å². The van der Waals surface area contributed by atoms with Gasteiger partial charge in [0.05, 0.1) is 11.0 Å². The van der Waals surface area contributed by atoms with Crippen LogP contribution in [0.1, 0.15) is 39.0 Å². The van der Waals surface area contributed by atoms with E-state index in [1.807, 2.05) is 19.1 Å². The van der Waals surface area contributed by atoms with Gasteiger partial charge in [-0.25, -0.2) is 9.18 Å². The fourth-order valence-corrected chi connectivity index (χ4v) is 3.49. The summed E-state index contributed by atoms with van der Waals surface area (Å²) in [4.78, 5) is 24.7. The molecule has 1 aromatic rings. The zero-order chi connectivity index (χ0) is 20.1. The van der Waals surface area contributed by atoms with Crippen molar-refractivity contribution in [3.63, 3.8) is 0 Å². The molecule has 2 unspecified atom stereocenters. The summed E-state index contributed by atoms with van der Waals surface area (Å²) in [6.07, 6.45) is 8.49. The van der Waals surface area contributed by atoms with Gasteiger partial charge >= 0.3 is 11.8 Å². The summed E-state index contributed by atoms with van der Waals surface area (Å²) >= 11 is 0.